The van der Waals surface area contributed by atoms with E-state index in [0.717, 1.165) is 42.8 Å². The maximum Gasteiger partial charge on any atom is 0.240 e. The lowest BCUT2D eigenvalue weighted by Gasteiger charge is -2.31. The highest BCUT2D eigenvalue weighted by molar-refractivity contribution is 7.13. The van der Waals surface area contributed by atoms with Gasteiger partial charge in [0.15, 0.2) is 5.13 Å². The van der Waals surface area contributed by atoms with E-state index in [-0.39, 0.29) is 5.91 Å². The lowest BCUT2D eigenvalue weighted by molar-refractivity contribution is -0.117. The molecule has 1 amide bonds. The maximum atomic E-state index is 12.2. The molecule has 0 spiro atoms. The van der Waals surface area contributed by atoms with Crippen molar-refractivity contribution >= 4 is 33.4 Å². The summed E-state index contributed by atoms with van der Waals surface area (Å²) in [5, 5.41) is 5.39. The Labute approximate surface area is 150 Å². The van der Waals surface area contributed by atoms with E-state index >= 15 is 0 Å². The molecule has 0 saturated carbocycles. The van der Waals surface area contributed by atoms with Gasteiger partial charge in [-0.3, -0.25) is 9.69 Å². The number of nitrogens with one attached hydrogen (secondary N) is 2. The van der Waals surface area contributed by atoms with Crippen LogP contribution < -0.4 is 5.32 Å². The number of fused-ring (bicyclic) bond motifs is 1. The second kappa shape index (κ2) is 7.33. The van der Waals surface area contributed by atoms with Crippen molar-refractivity contribution in [3.05, 3.63) is 41.7 Å². The van der Waals surface area contributed by atoms with Gasteiger partial charge in [-0.2, -0.15) is 0 Å². The Morgan fingerprint density at radius 1 is 1.40 bits per heavy atom. The quantitative estimate of drug-likeness (QED) is 0.738. The minimum Gasteiger partial charge on any atom is -0.342 e. The SMILES string of the molecule is O=C(CN1CCC[C@@H](Cc2nc3ccccc3[nH]2)C1)Nc1nccs1. The number of amides is 1. The highest BCUT2D eigenvalue weighted by atomic mass is 32.1. The number of H-pyrrole nitrogens is 1. The molecule has 2 aromatic heterocycles. The predicted octanol–water partition coefficient (Wildman–Crippen LogP) is 2.91. The van der Waals surface area contributed by atoms with Crippen molar-refractivity contribution in [1.82, 2.24) is 19.9 Å². The molecule has 25 heavy (non-hydrogen) atoms. The molecule has 0 bridgehead atoms. The molecule has 0 aliphatic carbocycles. The first kappa shape index (κ1) is 16.2. The van der Waals surface area contributed by atoms with Gasteiger partial charge in [-0.15, -0.1) is 11.3 Å². The van der Waals surface area contributed by atoms with Gasteiger partial charge in [-0.1, -0.05) is 12.1 Å². The summed E-state index contributed by atoms with van der Waals surface area (Å²) in [4.78, 5) is 26.6. The summed E-state index contributed by atoms with van der Waals surface area (Å²) in [6, 6.07) is 8.12. The molecule has 1 fully saturated rings. The summed E-state index contributed by atoms with van der Waals surface area (Å²) in [7, 11) is 0. The number of rotatable bonds is 5. The van der Waals surface area contributed by atoms with Crippen LogP contribution in [0.4, 0.5) is 5.13 Å². The molecule has 3 aromatic rings. The van der Waals surface area contributed by atoms with Crippen molar-refractivity contribution in [2.75, 3.05) is 25.0 Å². The minimum atomic E-state index is 0.0133. The predicted molar refractivity (Wildman–Crippen MR) is 99.7 cm³/mol. The Morgan fingerprint density at radius 3 is 3.16 bits per heavy atom. The number of anilines is 1. The average molecular weight is 355 g/mol. The highest BCUT2D eigenvalue weighted by Gasteiger charge is 2.23. The molecule has 7 heteroatoms. The Kier molecular flexibility index (Phi) is 4.76. The Hall–Kier alpha value is -2.25. The van der Waals surface area contributed by atoms with Crippen LogP contribution in [0, 0.1) is 5.92 Å². The molecule has 1 aliphatic rings. The molecule has 1 aromatic carbocycles. The van der Waals surface area contributed by atoms with Gasteiger partial charge in [0.25, 0.3) is 0 Å². The van der Waals surface area contributed by atoms with Crippen LogP contribution in [0.2, 0.25) is 0 Å². The molecular weight excluding hydrogens is 334 g/mol. The van der Waals surface area contributed by atoms with Crippen molar-refractivity contribution < 1.29 is 4.79 Å². The van der Waals surface area contributed by atoms with Gasteiger partial charge in [0.1, 0.15) is 5.82 Å². The van der Waals surface area contributed by atoms with Gasteiger partial charge in [0.05, 0.1) is 17.6 Å². The summed E-state index contributed by atoms with van der Waals surface area (Å²) >= 11 is 1.44. The number of hydrogen-bond acceptors (Lipinski definition) is 5. The van der Waals surface area contributed by atoms with E-state index < -0.39 is 0 Å². The number of benzene rings is 1. The zero-order chi connectivity index (χ0) is 17.1. The third-order valence-electron chi connectivity index (χ3n) is 4.57. The average Bonchev–Trinajstić information content (AvgIpc) is 3.23. The van der Waals surface area contributed by atoms with Crippen LogP contribution >= 0.6 is 11.3 Å². The fourth-order valence-corrected chi connectivity index (χ4v) is 4.03. The first-order valence-electron chi connectivity index (χ1n) is 8.61. The standard InChI is InChI=1S/C18H21N5OS/c24-17(22-18-19-7-9-25-18)12-23-8-3-4-13(11-23)10-16-20-14-5-1-2-6-15(14)21-16/h1-2,5-7,9,13H,3-4,8,10-12H2,(H,20,21)(H,19,22,24)/t13-/m0/s1. The van der Waals surface area contributed by atoms with Gasteiger partial charge >= 0.3 is 0 Å². The third kappa shape index (κ3) is 4.05. The lowest BCUT2D eigenvalue weighted by atomic mass is 9.94. The number of piperidine rings is 1. The van der Waals surface area contributed by atoms with Crippen molar-refractivity contribution in [2.24, 2.45) is 5.92 Å². The number of imidazole rings is 1. The summed E-state index contributed by atoms with van der Waals surface area (Å²) in [6.07, 6.45) is 4.93. The van der Waals surface area contributed by atoms with Crippen LogP contribution in [-0.4, -0.2) is 45.4 Å². The molecule has 3 heterocycles. The van der Waals surface area contributed by atoms with Gasteiger partial charge < -0.3 is 10.3 Å². The van der Waals surface area contributed by atoms with Gasteiger partial charge in [0.2, 0.25) is 5.91 Å². The monoisotopic (exact) mass is 355 g/mol. The summed E-state index contributed by atoms with van der Waals surface area (Å²) < 4.78 is 0. The molecular formula is C18H21N5OS. The molecule has 4 rings (SSSR count). The topological polar surface area (TPSA) is 73.9 Å². The first-order chi connectivity index (χ1) is 12.3. The number of likely N-dealkylation sites (tertiary alicyclic amines) is 1. The van der Waals surface area contributed by atoms with E-state index in [2.05, 4.69) is 31.2 Å². The zero-order valence-electron chi connectivity index (χ0n) is 13.9. The molecule has 1 atom stereocenters. The summed E-state index contributed by atoms with van der Waals surface area (Å²) in [5.41, 5.74) is 2.11. The van der Waals surface area contributed by atoms with E-state index in [1.807, 2.05) is 23.6 Å². The fourth-order valence-electron chi connectivity index (χ4n) is 3.48. The van der Waals surface area contributed by atoms with E-state index in [1.54, 1.807) is 6.20 Å². The van der Waals surface area contributed by atoms with Gasteiger partial charge in [0, 0.05) is 24.5 Å². The lowest BCUT2D eigenvalue weighted by Crippen LogP contribution is -2.41. The van der Waals surface area contributed by atoms with Gasteiger partial charge in [-0.05, 0) is 37.4 Å². The molecule has 0 unspecified atom stereocenters. The summed E-state index contributed by atoms with van der Waals surface area (Å²) in [5.74, 6) is 1.58. The van der Waals surface area contributed by atoms with Crippen molar-refractivity contribution in [1.29, 1.82) is 0 Å². The molecule has 2 N–H and O–H groups in total. The van der Waals surface area contributed by atoms with Crippen molar-refractivity contribution in [2.45, 2.75) is 19.3 Å². The Morgan fingerprint density at radius 2 is 2.32 bits per heavy atom. The Balaban J connectivity index is 1.33. The number of para-hydroxylation sites is 2. The first-order valence-corrected chi connectivity index (χ1v) is 9.49. The minimum absolute atomic E-state index is 0.0133. The molecule has 1 saturated heterocycles. The van der Waals surface area contributed by atoms with Crippen LogP contribution in [0.5, 0.6) is 0 Å². The van der Waals surface area contributed by atoms with Crippen LogP contribution in [0.1, 0.15) is 18.7 Å². The second-order valence-electron chi connectivity index (χ2n) is 6.53. The molecule has 0 radical (unpaired) electrons. The largest absolute Gasteiger partial charge is 0.342 e. The number of thiazole rings is 1. The molecule has 6 nitrogen and oxygen atoms in total. The number of carbonyl (C=O) groups excluding carboxylic acids is 1. The van der Waals surface area contributed by atoms with Gasteiger partial charge in [-0.25, -0.2) is 9.97 Å². The number of aromatic nitrogens is 3. The van der Waals surface area contributed by atoms with E-state index in [4.69, 9.17) is 0 Å². The van der Waals surface area contributed by atoms with Crippen LogP contribution in [0.3, 0.4) is 0 Å². The van der Waals surface area contributed by atoms with E-state index in [9.17, 15) is 4.79 Å². The Bertz CT molecular complexity index is 811. The second-order valence-corrected chi connectivity index (χ2v) is 7.43. The number of hydrogen-bond donors (Lipinski definition) is 2. The van der Waals surface area contributed by atoms with E-state index in [0.29, 0.717) is 17.6 Å². The molecule has 130 valence electrons. The third-order valence-corrected chi connectivity index (χ3v) is 5.26. The highest BCUT2D eigenvalue weighted by Crippen LogP contribution is 2.21. The smallest absolute Gasteiger partial charge is 0.240 e. The van der Waals surface area contributed by atoms with Crippen LogP contribution in [-0.2, 0) is 11.2 Å². The normalized spacial score (nSPS) is 18.5. The van der Waals surface area contributed by atoms with Crippen molar-refractivity contribution in [3.63, 3.8) is 0 Å². The number of carbonyl (C=O) groups is 1. The van der Waals surface area contributed by atoms with Crippen LogP contribution in [0.25, 0.3) is 11.0 Å². The van der Waals surface area contributed by atoms with E-state index in [1.165, 1.54) is 17.8 Å². The summed E-state index contributed by atoms with van der Waals surface area (Å²) in [6.45, 7) is 2.33. The maximum absolute atomic E-state index is 12.2. The molecule has 1 aliphatic heterocycles. The fraction of sp³-hybridized carbons (Fsp3) is 0.389. The van der Waals surface area contributed by atoms with Crippen LogP contribution in [0.15, 0.2) is 35.8 Å². The van der Waals surface area contributed by atoms with Crippen molar-refractivity contribution in [3.8, 4) is 0 Å². The number of aromatic amines is 1. The number of nitrogens with zero attached hydrogens (tertiary/aromatic N) is 3. The zero-order valence-corrected chi connectivity index (χ0v) is 14.8.